The van der Waals surface area contributed by atoms with Crippen LogP contribution < -0.4 is 4.74 Å². The van der Waals surface area contributed by atoms with E-state index >= 15 is 0 Å². The van der Waals surface area contributed by atoms with Crippen LogP contribution in [0.3, 0.4) is 0 Å². The molecule has 1 aliphatic heterocycles. The molecule has 0 aliphatic carbocycles. The lowest BCUT2D eigenvalue weighted by atomic mass is 10.2. The van der Waals surface area contributed by atoms with E-state index in [4.69, 9.17) is 4.74 Å². The van der Waals surface area contributed by atoms with Gasteiger partial charge in [-0.05, 0) is 22.0 Å². The number of ether oxygens (including phenoxy) is 2. The molecule has 0 unspecified atom stereocenters. The van der Waals surface area contributed by atoms with Gasteiger partial charge in [0.1, 0.15) is 17.1 Å². The molecule has 1 heterocycles. The molecule has 0 bridgehead atoms. The third kappa shape index (κ3) is 1.39. The molecule has 0 aromatic heterocycles. The van der Waals surface area contributed by atoms with Crippen molar-refractivity contribution in [1.82, 2.24) is 0 Å². The molecule has 0 spiro atoms. The summed E-state index contributed by atoms with van der Waals surface area (Å²) in [6.07, 6.45) is 0. The Morgan fingerprint density at radius 3 is 2.92 bits per heavy atom. The van der Waals surface area contributed by atoms with Crippen LogP contribution in [0.4, 0.5) is 4.39 Å². The van der Waals surface area contributed by atoms with Gasteiger partial charge in [0, 0.05) is 6.07 Å². The molecular weight excluding hydrogens is 243 g/mol. The SMILES string of the molecule is O=C1OCOc2cc(F)c(Br)cc21. The summed E-state index contributed by atoms with van der Waals surface area (Å²) in [4.78, 5) is 11.1. The molecule has 0 fully saturated rings. The summed E-state index contributed by atoms with van der Waals surface area (Å²) < 4.78 is 22.7. The normalized spacial score (nSPS) is 14.5. The zero-order valence-corrected chi connectivity index (χ0v) is 7.93. The second kappa shape index (κ2) is 2.99. The van der Waals surface area contributed by atoms with Crippen LogP contribution in [0.15, 0.2) is 16.6 Å². The number of carbonyl (C=O) groups excluding carboxylic acids is 1. The molecule has 0 atom stereocenters. The molecule has 68 valence electrons. The van der Waals surface area contributed by atoms with Crippen molar-refractivity contribution in [2.24, 2.45) is 0 Å². The summed E-state index contributed by atoms with van der Waals surface area (Å²) in [5, 5.41) is 0. The molecule has 1 aliphatic rings. The molecule has 13 heavy (non-hydrogen) atoms. The summed E-state index contributed by atoms with van der Waals surface area (Å²) in [5.74, 6) is -0.743. The predicted molar refractivity (Wildman–Crippen MR) is 45.0 cm³/mol. The van der Waals surface area contributed by atoms with Gasteiger partial charge in [-0.3, -0.25) is 0 Å². The Balaban J connectivity index is 2.58. The number of hydrogen-bond donors (Lipinski definition) is 0. The summed E-state index contributed by atoms with van der Waals surface area (Å²) in [6, 6.07) is 2.49. The first-order valence-corrected chi connectivity index (χ1v) is 4.27. The summed E-state index contributed by atoms with van der Waals surface area (Å²) >= 11 is 2.96. The van der Waals surface area contributed by atoms with E-state index in [1.807, 2.05) is 0 Å². The van der Waals surface area contributed by atoms with Gasteiger partial charge in [0.15, 0.2) is 0 Å². The lowest BCUT2D eigenvalue weighted by Gasteiger charge is -2.16. The van der Waals surface area contributed by atoms with Crippen LogP contribution in [-0.2, 0) is 4.74 Å². The number of esters is 1. The van der Waals surface area contributed by atoms with E-state index in [0.29, 0.717) is 0 Å². The molecule has 0 amide bonds. The van der Waals surface area contributed by atoms with Gasteiger partial charge in [-0.1, -0.05) is 0 Å². The van der Waals surface area contributed by atoms with Gasteiger partial charge in [-0.2, -0.15) is 0 Å². The zero-order chi connectivity index (χ0) is 9.42. The average molecular weight is 247 g/mol. The van der Waals surface area contributed by atoms with E-state index in [0.717, 1.165) is 6.07 Å². The summed E-state index contributed by atoms with van der Waals surface area (Å²) in [6.45, 7) is -0.160. The third-order valence-electron chi connectivity index (χ3n) is 1.65. The Morgan fingerprint density at radius 2 is 2.15 bits per heavy atom. The standard InChI is InChI=1S/C8H4BrFO3/c9-5-1-4-7(2-6(5)10)12-3-13-8(4)11/h1-2H,3H2. The Labute approximate surface area is 81.6 Å². The highest BCUT2D eigenvalue weighted by molar-refractivity contribution is 9.10. The van der Waals surface area contributed by atoms with Gasteiger partial charge >= 0.3 is 5.97 Å². The number of fused-ring (bicyclic) bond motifs is 1. The van der Waals surface area contributed by atoms with Crippen molar-refractivity contribution >= 4 is 21.9 Å². The maximum absolute atomic E-state index is 13.0. The van der Waals surface area contributed by atoms with Crippen molar-refractivity contribution in [3.8, 4) is 5.75 Å². The molecule has 1 aromatic rings. The van der Waals surface area contributed by atoms with E-state index in [1.165, 1.54) is 6.07 Å². The van der Waals surface area contributed by atoms with Gasteiger partial charge in [0.2, 0.25) is 6.79 Å². The molecule has 0 radical (unpaired) electrons. The van der Waals surface area contributed by atoms with Gasteiger partial charge < -0.3 is 9.47 Å². The fourth-order valence-corrected chi connectivity index (χ4v) is 1.38. The maximum atomic E-state index is 13.0. The summed E-state index contributed by atoms with van der Waals surface area (Å²) in [5.41, 5.74) is 0.236. The Morgan fingerprint density at radius 1 is 1.38 bits per heavy atom. The topological polar surface area (TPSA) is 35.5 Å². The van der Waals surface area contributed by atoms with Crippen LogP contribution >= 0.6 is 15.9 Å². The fourth-order valence-electron chi connectivity index (χ4n) is 1.03. The molecule has 1 aromatic carbocycles. The van der Waals surface area contributed by atoms with Gasteiger partial charge in [0.25, 0.3) is 0 Å². The molecule has 5 heteroatoms. The minimum absolute atomic E-state index is 0.160. The van der Waals surface area contributed by atoms with Gasteiger partial charge in [-0.25, -0.2) is 9.18 Å². The van der Waals surface area contributed by atoms with Crippen LogP contribution in [0.25, 0.3) is 0 Å². The van der Waals surface area contributed by atoms with Gasteiger partial charge in [0.05, 0.1) is 4.47 Å². The number of benzene rings is 1. The van der Waals surface area contributed by atoms with E-state index < -0.39 is 11.8 Å². The van der Waals surface area contributed by atoms with Crippen LogP contribution in [0.5, 0.6) is 5.75 Å². The van der Waals surface area contributed by atoms with Crippen molar-refractivity contribution in [1.29, 1.82) is 0 Å². The quantitative estimate of drug-likeness (QED) is 0.658. The van der Waals surface area contributed by atoms with Crippen molar-refractivity contribution in [3.63, 3.8) is 0 Å². The van der Waals surface area contributed by atoms with Crippen molar-refractivity contribution in [3.05, 3.63) is 28.0 Å². The second-order valence-electron chi connectivity index (χ2n) is 2.46. The minimum Gasteiger partial charge on any atom is -0.456 e. The Kier molecular flexibility index (Phi) is 1.95. The third-order valence-corrected chi connectivity index (χ3v) is 2.25. The molecule has 0 saturated carbocycles. The number of rotatable bonds is 0. The lowest BCUT2D eigenvalue weighted by Crippen LogP contribution is -2.18. The van der Waals surface area contributed by atoms with Crippen LogP contribution in [0.2, 0.25) is 0 Å². The van der Waals surface area contributed by atoms with E-state index in [2.05, 4.69) is 20.7 Å². The van der Waals surface area contributed by atoms with Crippen molar-refractivity contribution < 1.29 is 18.7 Å². The number of hydrogen-bond acceptors (Lipinski definition) is 3. The smallest absolute Gasteiger partial charge is 0.344 e. The highest BCUT2D eigenvalue weighted by Crippen LogP contribution is 2.29. The number of cyclic esters (lactones) is 1. The highest BCUT2D eigenvalue weighted by atomic mass is 79.9. The van der Waals surface area contributed by atoms with Gasteiger partial charge in [-0.15, -0.1) is 0 Å². The van der Waals surface area contributed by atoms with Crippen LogP contribution in [-0.4, -0.2) is 12.8 Å². The van der Waals surface area contributed by atoms with E-state index in [-0.39, 0.29) is 22.6 Å². The first kappa shape index (κ1) is 8.50. The first-order chi connectivity index (χ1) is 6.18. The lowest BCUT2D eigenvalue weighted by molar-refractivity contribution is 0.00476. The zero-order valence-electron chi connectivity index (χ0n) is 6.34. The first-order valence-electron chi connectivity index (χ1n) is 3.47. The second-order valence-corrected chi connectivity index (χ2v) is 3.31. The van der Waals surface area contributed by atoms with E-state index in [9.17, 15) is 9.18 Å². The average Bonchev–Trinajstić information content (AvgIpc) is 2.09. The summed E-state index contributed by atoms with van der Waals surface area (Å²) in [7, 11) is 0. The van der Waals surface area contributed by atoms with Crippen molar-refractivity contribution in [2.45, 2.75) is 0 Å². The maximum Gasteiger partial charge on any atom is 0.344 e. The van der Waals surface area contributed by atoms with Crippen LogP contribution in [0.1, 0.15) is 10.4 Å². The molecule has 3 nitrogen and oxygen atoms in total. The van der Waals surface area contributed by atoms with Crippen LogP contribution in [0, 0.1) is 5.82 Å². The van der Waals surface area contributed by atoms with E-state index in [1.54, 1.807) is 0 Å². The fraction of sp³-hybridized carbons (Fsp3) is 0.125. The monoisotopic (exact) mass is 246 g/mol. The van der Waals surface area contributed by atoms with Crippen molar-refractivity contribution in [2.75, 3.05) is 6.79 Å². The Hall–Kier alpha value is -1.10. The minimum atomic E-state index is -0.498. The number of carbonyl (C=O) groups is 1. The number of halogens is 2. The molecule has 0 saturated heterocycles. The largest absolute Gasteiger partial charge is 0.456 e. The Bertz CT molecular complexity index is 378. The molecule has 0 N–H and O–H groups in total. The highest BCUT2D eigenvalue weighted by Gasteiger charge is 2.21. The molecular formula is C8H4BrFO3. The molecule has 2 rings (SSSR count). The predicted octanol–water partition coefficient (Wildman–Crippen LogP) is 2.09.